The Morgan fingerprint density at radius 2 is 1.59 bits per heavy atom. The Morgan fingerprint density at radius 3 is 2.21 bits per heavy atom. The van der Waals surface area contributed by atoms with E-state index in [1.807, 2.05) is 63.2 Å². The van der Waals surface area contributed by atoms with Crippen LogP contribution in [0, 0.1) is 20.8 Å². The van der Waals surface area contributed by atoms with E-state index in [0.29, 0.717) is 21.4 Å². The molecule has 1 aliphatic heterocycles. The second-order valence-electron chi connectivity index (χ2n) is 8.22. The second kappa shape index (κ2) is 9.16. The molecule has 5 nitrogen and oxygen atoms in total. The number of hydrogen-bond donors (Lipinski definition) is 0. The number of benzene rings is 2. The van der Waals surface area contributed by atoms with Crippen molar-refractivity contribution in [1.82, 2.24) is 4.57 Å². The first-order valence-electron chi connectivity index (χ1n) is 10.7. The molecule has 34 heavy (non-hydrogen) atoms. The summed E-state index contributed by atoms with van der Waals surface area (Å²) in [5.74, 6) is -0.876. The topological polar surface area (TPSA) is 51.5 Å². The van der Waals surface area contributed by atoms with Gasteiger partial charge in [0.15, 0.2) is 0 Å². The van der Waals surface area contributed by atoms with Crippen molar-refractivity contribution < 1.29 is 14.3 Å². The summed E-state index contributed by atoms with van der Waals surface area (Å²) < 4.78 is 7.10. The fraction of sp³-hybridized carbons (Fsp3) is 0.185. The Kier molecular flexibility index (Phi) is 6.43. The maximum atomic E-state index is 13.6. The van der Waals surface area contributed by atoms with Gasteiger partial charge in [-0.3, -0.25) is 9.69 Å². The predicted molar refractivity (Wildman–Crippen MR) is 137 cm³/mol. The first-order chi connectivity index (χ1) is 16.1. The minimum Gasteiger partial charge on any atom is -0.465 e. The molecule has 0 bridgehead atoms. The van der Waals surface area contributed by atoms with Gasteiger partial charge in [0, 0.05) is 32.8 Å². The van der Waals surface area contributed by atoms with E-state index in [9.17, 15) is 9.59 Å². The Balaban J connectivity index is 1.85. The number of allylic oxidation sites excluding steroid dienone is 1. The highest BCUT2D eigenvalue weighted by atomic mass is 35.5. The normalized spacial score (nSPS) is 15.0. The molecule has 0 aliphatic carbocycles. The van der Waals surface area contributed by atoms with Crippen molar-refractivity contribution in [3.8, 4) is 5.69 Å². The first-order valence-corrected chi connectivity index (χ1v) is 11.5. The summed E-state index contributed by atoms with van der Waals surface area (Å²) in [6.07, 6.45) is 1.75. The molecule has 2 heterocycles. The highest BCUT2D eigenvalue weighted by molar-refractivity contribution is 6.32. The van der Waals surface area contributed by atoms with Crippen LogP contribution in [0.3, 0.4) is 0 Å². The van der Waals surface area contributed by atoms with Gasteiger partial charge in [0.05, 0.1) is 23.9 Å². The SMILES string of the molecule is COC(=O)C1=C(C)N(c2ccc(C)c(Cl)c2)C(=O)/C1=C\c1cc(C)n(-c2ccc(Cl)cc2)c1C. The molecule has 0 radical (unpaired) electrons. The molecular weight excluding hydrogens is 471 g/mol. The minimum atomic E-state index is -0.565. The number of rotatable bonds is 4. The third kappa shape index (κ3) is 4.06. The van der Waals surface area contributed by atoms with Crippen LogP contribution >= 0.6 is 23.2 Å². The average molecular weight is 495 g/mol. The van der Waals surface area contributed by atoms with Gasteiger partial charge in [0.25, 0.3) is 5.91 Å². The summed E-state index contributed by atoms with van der Waals surface area (Å²) >= 11 is 12.4. The van der Waals surface area contributed by atoms with Gasteiger partial charge < -0.3 is 9.30 Å². The monoisotopic (exact) mass is 494 g/mol. The summed E-state index contributed by atoms with van der Waals surface area (Å²) in [7, 11) is 1.31. The number of anilines is 1. The number of amides is 1. The number of hydrogen-bond acceptors (Lipinski definition) is 3. The molecule has 0 unspecified atom stereocenters. The molecule has 1 amide bonds. The van der Waals surface area contributed by atoms with Gasteiger partial charge in [-0.05, 0) is 87.4 Å². The van der Waals surface area contributed by atoms with Crippen molar-refractivity contribution in [1.29, 1.82) is 0 Å². The second-order valence-corrected chi connectivity index (χ2v) is 9.07. The molecule has 4 rings (SSSR count). The van der Waals surface area contributed by atoms with E-state index < -0.39 is 5.97 Å². The maximum Gasteiger partial charge on any atom is 0.340 e. The first kappa shape index (κ1) is 23.9. The Bertz CT molecular complexity index is 1380. The lowest BCUT2D eigenvalue weighted by atomic mass is 10.0. The Labute approximate surface area is 208 Å². The number of aryl methyl sites for hydroxylation is 2. The van der Waals surface area contributed by atoms with Crippen LogP contribution in [0.2, 0.25) is 10.0 Å². The molecule has 3 aromatic rings. The molecule has 0 saturated carbocycles. The quantitative estimate of drug-likeness (QED) is 0.303. The van der Waals surface area contributed by atoms with Crippen molar-refractivity contribution in [2.24, 2.45) is 0 Å². The fourth-order valence-electron chi connectivity index (χ4n) is 4.29. The van der Waals surface area contributed by atoms with Gasteiger partial charge in [-0.15, -0.1) is 0 Å². The molecule has 2 aromatic carbocycles. The van der Waals surface area contributed by atoms with Crippen LogP contribution in [-0.2, 0) is 14.3 Å². The van der Waals surface area contributed by atoms with Gasteiger partial charge in [-0.1, -0.05) is 29.3 Å². The Hall–Kier alpha value is -3.28. The number of esters is 1. The third-order valence-electron chi connectivity index (χ3n) is 6.06. The number of carbonyl (C=O) groups is 2. The summed E-state index contributed by atoms with van der Waals surface area (Å²) in [4.78, 5) is 27.8. The summed E-state index contributed by atoms with van der Waals surface area (Å²) in [6.45, 7) is 7.58. The zero-order valence-corrected chi connectivity index (χ0v) is 21.1. The standard InChI is InChI=1S/C27H24Cl2N2O3/c1-15-6-9-22(14-24(15)29)31-18(4)25(27(33)34-5)23(26(31)32)13-19-12-16(2)30(17(19)3)21-10-7-20(28)8-11-21/h6-14H,1-5H3/b23-13-. The van der Waals surface area contributed by atoms with E-state index in [1.165, 1.54) is 12.0 Å². The number of aromatic nitrogens is 1. The zero-order chi connectivity index (χ0) is 24.7. The van der Waals surface area contributed by atoms with Gasteiger partial charge in [0.2, 0.25) is 0 Å². The molecular formula is C27H24Cl2N2O3. The molecule has 1 aliphatic rings. The average Bonchev–Trinajstić information content (AvgIpc) is 3.22. The van der Waals surface area contributed by atoms with Crippen LogP contribution in [-0.4, -0.2) is 23.6 Å². The smallest absolute Gasteiger partial charge is 0.340 e. The number of halogens is 2. The summed E-state index contributed by atoms with van der Waals surface area (Å²) in [6, 6.07) is 14.9. The van der Waals surface area contributed by atoms with Crippen LogP contribution in [0.5, 0.6) is 0 Å². The van der Waals surface area contributed by atoms with E-state index in [-0.39, 0.29) is 17.1 Å². The van der Waals surface area contributed by atoms with Crippen molar-refractivity contribution in [3.05, 3.63) is 97.9 Å². The molecule has 0 spiro atoms. The lowest BCUT2D eigenvalue weighted by molar-refractivity contribution is -0.136. The Morgan fingerprint density at radius 1 is 0.941 bits per heavy atom. The van der Waals surface area contributed by atoms with Crippen molar-refractivity contribution in [2.45, 2.75) is 27.7 Å². The van der Waals surface area contributed by atoms with E-state index in [4.69, 9.17) is 27.9 Å². The van der Waals surface area contributed by atoms with E-state index >= 15 is 0 Å². The fourth-order valence-corrected chi connectivity index (χ4v) is 4.59. The van der Waals surface area contributed by atoms with Crippen molar-refractivity contribution >= 4 is 46.8 Å². The van der Waals surface area contributed by atoms with E-state index in [2.05, 4.69) is 4.57 Å². The summed E-state index contributed by atoms with van der Waals surface area (Å²) in [5.41, 5.74) is 6.20. The van der Waals surface area contributed by atoms with Crippen LogP contribution < -0.4 is 4.90 Å². The lowest BCUT2D eigenvalue weighted by Gasteiger charge is -2.18. The largest absolute Gasteiger partial charge is 0.465 e. The van der Waals surface area contributed by atoms with Crippen LogP contribution in [0.25, 0.3) is 11.8 Å². The number of ether oxygens (including phenoxy) is 1. The van der Waals surface area contributed by atoms with E-state index in [1.54, 1.807) is 19.1 Å². The molecule has 7 heteroatoms. The lowest BCUT2D eigenvalue weighted by Crippen LogP contribution is -2.24. The number of carbonyl (C=O) groups excluding carboxylic acids is 2. The molecule has 0 atom stereocenters. The number of nitrogens with zero attached hydrogens (tertiary/aromatic N) is 2. The zero-order valence-electron chi connectivity index (χ0n) is 19.6. The highest BCUT2D eigenvalue weighted by Gasteiger charge is 2.38. The van der Waals surface area contributed by atoms with Crippen LogP contribution in [0.1, 0.15) is 29.4 Å². The maximum absolute atomic E-state index is 13.6. The van der Waals surface area contributed by atoms with Crippen molar-refractivity contribution in [2.75, 3.05) is 12.0 Å². The van der Waals surface area contributed by atoms with Gasteiger partial charge in [-0.25, -0.2) is 4.79 Å². The highest BCUT2D eigenvalue weighted by Crippen LogP contribution is 2.37. The molecule has 1 aromatic heterocycles. The van der Waals surface area contributed by atoms with Gasteiger partial charge >= 0.3 is 5.97 Å². The number of methoxy groups -OCH3 is 1. The molecule has 0 saturated heterocycles. The van der Waals surface area contributed by atoms with Crippen molar-refractivity contribution in [3.63, 3.8) is 0 Å². The summed E-state index contributed by atoms with van der Waals surface area (Å²) in [5, 5.41) is 1.20. The van der Waals surface area contributed by atoms with E-state index in [0.717, 1.165) is 28.2 Å². The van der Waals surface area contributed by atoms with Gasteiger partial charge in [-0.2, -0.15) is 0 Å². The molecule has 0 fully saturated rings. The molecule has 0 N–H and O–H groups in total. The third-order valence-corrected chi connectivity index (χ3v) is 6.72. The predicted octanol–water partition coefficient (Wildman–Crippen LogP) is 6.59. The van der Waals surface area contributed by atoms with Gasteiger partial charge in [0.1, 0.15) is 0 Å². The molecule has 174 valence electrons. The van der Waals surface area contributed by atoms with Crippen LogP contribution in [0.15, 0.2) is 65.4 Å². The van der Waals surface area contributed by atoms with Crippen LogP contribution in [0.4, 0.5) is 5.69 Å². The minimum absolute atomic E-state index is 0.237.